The van der Waals surface area contributed by atoms with E-state index in [0.717, 1.165) is 23.5 Å². The lowest BCUT2D eigenvalue weighted by molar-refractivity contribution is -0.139. The maximum atomic E-state index is 13.5. The molecule has 0 bridgehead atoms. The average Bonchev–Trinajstić information content (AvgIpc) is 3.06. The number of carbonyl (C=O) groups is 3. The molecule has 3 heterocycles. The van der Waals surface area contributed by atoms with Crippen LogP contribution in [0.15, 0.2) is 47.4 Å². The lowest BCUT2D eigenvalue weighted by Gasteiger charge is -2.34. The molecule has 3 aliphatic rings. The number of sulfonamides is 1. The average molecular weight is 547 g/mol. The molecule has 11 nitrogen and oxygen atoms in total. The Labute approximate surface area is 219 Å². The molecule has 202 valence electrons. The number of rotatable bonds is 5. The number of urea groups is 1. The molecule has 13 heteroatoms. The van der Waals surface area contributed by atoms with E-state index in [1.54, 1.807) is 25.1 Å². The molecule has 2 saturated heterocycles. The van der Waals surface area contributed by atoms with Gasteiger partial charge in [-0.25, -0.2) is 17.6 Å². The lowest BCUT2D eigenvalue weighted by Crippen LogP contribution is -2.53. The third kappa shape index (κ3) is 4.67. The molecule has 0 aromatic heterocycles. The van der Waals surface area contributed by atoms with Crippen molar-refractivity contribution in [1.29, 1.82) is 0 Å². The number of fused-ring (bicyclic) bond motifs is 1. The van der Waals surface area contributed by atoms with Gasteiger partial charge in [-0.1, -0.05) is 12.1 Å². The van der Waals surface area contributed by atoms with Crippen LogP contribution in [0.4, 0.5) is 9.18 Å². The summed E-state index contributed by atoms with van der Waals surface area (Å²) in [4.78, 5) is 41.2. The van der Waals surface area contributed by atoms with E-state index in [0.29, 0.717) is 30.3 Å². The fourth-order valence-corrected chi connectivity index (χ4v) is 6.15. The summed E-state index contributed by atoms with van der Waals surface area (Å²) in [6, 6.07) is 9.05. The van der Waals surface area contributed by atoms with Crippen molar-refractivity contribution in [3.63, 3.8) is 0 Å². The van der Waals surface area contributed by atoms with Crippen LogP contribution in [-0.4, -0.2) is 86.3 Å². The molecule has 1 N–H and O–H groups in total. The number of carbonyl (C=O) groups excluding carboxylic acids is 3. The number of ether oxygens (including phenoxy) is 2. The number of nitrogens with zero attached hydrogens (tertiary/aromatic N) is 3. The molecule has 0 aliphatic carbocycles. The molecule has 2 fully saturated rings. The molecule has 0 spiro atoms. The van der Waals surface area contributed by atoms with Crippen molar-refractivity contribution in [2.24, 2.45) is 0 Å². The minimum atomic E-state index is -3.92. The summed E-state index contributed by atoms with van der Waals surface area (Å²) in [5.74, 6) is -0.704. The standard InChI is InChI=1S/C25H27FN4O7S/c1-25(17-6-7-20-21(14-17)37-13-3-12-36-20)23(32)30(24(33)27-25)16-22(31)28-8-10-29(11-9-28)38(34,35)19-5-2-4-18(26)15-19/h2,4-7,14-15H,3,8-13,16H2,1H3,(H,27,33)/t25-/m1/s1. The van der Waals surface area contributed by atoms with Crippen LogP contribution < -0.4 is 14.8 Å². The normalized spacial score (nSPS) is 22.3. The first kappa shape index (κ1) is 25.9. The Kier molecular flexibility index (Phi) is 6.73. The van der Waals surface area contributed by atoms with Crippen molar-refractivity contribution in [1.82, 2.24) is 19.4 Å². The van der Waals surface area contributed by atoms with Crippen LogP contribution in [0.25, 0.3) is 0 Å². The minimum absolute atomic E-state index is 0.000356. The second-order valence-corrected chi connectivity index (χ2v) is 11.3. The summed E-state index contributed by atoms with van der Waals surface area (Å²) in [5.41, 5.74) is -0.911. The summed E-state index contributed by atoms with van der Waals surface area (Å²) >= 11 is 0. The molecule has 38 heavy (non-hydrogen) atoms. The summed E-state index contributed by atoms with van der Waals surface area (Å²) < 4.78 is 51.7. The van der Waals surface area contributed by atoms with Gasteiger partial charge in [-0.3, -0.25) is 14.5 Å². The van der Waals surface area contributed by atoms with E-state index in [1.165, 1.54) is 21.3 Å². The van der Waals surface area contributed by atoms with Gasteiger partial charge in [0.2, 0.25) is 15.9 Å². The van der Waals surface area contributed by atoms with E-state index in [1.807, 2.05) is 0 Å². The number of hydrogen-bond donors (Lipinski definition) is 1. The fraction of sp³-hybridized carbons (Fsp3) is 0.400. The van der Waals surface area contributed by atoms with Gasteiger partial charge in [0.15, 0.2) is 11.5 Å². The summed E-state index contributed by atoms with van der Waals surface area (Å²) in [6.07, 6.45) is 0.720. The van der Waals surface area contributed by atoms with Crippen molar-refractivity contribution in [3.8, 4) is 11.5 Å². The Hall–Kier alpha value is -3.71. The van der Waals surface area contributed by atoms with Crippen molar-refractivity contribution in [3.05, 3.63) is 53.8 Å². The lowest BCUT2D eigenvalue weighted by atomic mass is 9.91. The van der Waals surface area contributed by atoms with Gasteiger partial charge in [0.1, 0.15) is 17.9 Å². The highest BCUT2D eigenvalue weighted by molar-refractivity contribution is 7.89. The maximum Gasteiger partial charge on any atom is 0.325 e. The minimum Gasteiger partial charge on any atom is -0.490 e. The van der Waals surface area contributed by atoms with E-state index in [4.69, 9.17) is 9.47 Å². The summed E-state index contributed by atoms with van der Waals surface area (Å²) in [6.45, 7) is 2.19. The molecule has 0 saturated carbocycles. The van der Waals surface area contributed by atoms with Crippen LogP contribution in [0.3, 0.4) is 0 Å². The monoisotopic (exact) mass is 546 g/mol. The van der Waals surface area contributed by atoms with Crippen LogP contribution >= 0.6 is 0 Å². The fourth-order valence-electron chi connectivity index (χ4n) is 4.70. The zero-order valence-corrected chi connectivity index (χ0v) is 21.5. The highest BCUT2D eigenvalue weighted by Crippen LogP contribution is 2.36. The van der Waals surface area contributed by atoms with Gasteiger partial charge >= 0.3 is 6.03 Å². The predicted octanol–water partition coefficient (Wildman–Crippen LogP) is 1.29. The first-order valence-corrected chi connectivity index (χ1v) is 13.6. The molecule has 2 aromatic carbocycles. The van der Waals surface area contributed by atoms with Gasteiger partial charge in [-0.05, 0) is 42.8 Å². The summed E-state index contributed by atoms with van der Waals surface area (Å²) in [7, 11) is -3.92. The van der Waals surface area contributed by atoms with Gasteiger partial charge in [-0.15, -0.1) is 0 Å². The van der Waals surface area contributed by atoms with Gasteiger partial charge in [0.05, 0.1) is 18.1 Å². The third-order valence-electron chi connectivity index (χ3n) is 6.92. The molecule has 5 rings (SSSR count). The molecule has 1 atom stereocenters. The summed E-state index contributed by atoms with van der Waals surface area (Å²) in [5, 5.41) is 2.68. The third-order valence-corrected chi connectivity index (χ3v) is 8.81. The Morgan fingerprint density at radius 3 is 2.45 bits per heavy atom. The molecule has 3 aliphatic heterocycles. The first-order chi connectivity index (χ1) is 18.1. The Morgan fingerprint density at radius 1 is 1.03 bits per heavy atom. The van der Waals surface area contributed by atoms with Crippen LogP contribution in [0.2, 0.25) is 0 Å². The number of benzene rings is 2. The zero-order valence-electron chi connectivity index (χ0n) is 20.7. The molecule has 4 amide bonds. The Bertz CT molecular complexity index is 1390. The first-order valence-electron chi connectivity index (χ1n) is 12.2. The number of imide groups is 1. The molecule has 0 unspecified atom stereocenters. The smallest absolute Gasteiger partial charge is 0.325 e. The Morgan fingerprint density at radius 2 is 1.74 bits per heavy atom. The maximum absolute atomic E-state index is 13.5. The van der Waals surface area contributed by atoms with E-state index < -0.39 is 45.8 Å². The van der Waals surface area contributed by atoms with Crippen molar-refractivity contribution in [2.75, 3.05) is 45.9 Å². The number of amides is 4. The van der Waals surface area contributed by atoms with E-state index >= 15 is 0 Å². The van der Waals surface area contributed by atoms with Crippen LogP contribution in [-0.2, 0) is 25.2 Å². The van der Waals surface area contributed by atoms with Crippen molar-refractivity contribution >= 4 is 27.9 Å². The molecule has 0 radical (unpaired) electrons. The number of hydrogen-bond acceptors (Lipinski definition) is 7. The molecular formula is C25H27FN4O7S. The predicted molar refractivity (Wildman–Crippen MR) is 131 cm³/mol. The van der Waals surface area contributed by atoms with Crippen molar-refractivity contribution < 1.29 is 36.7 Å². The second kappa shape index (κ2) is 9.87. The SMILES string of the molecule is C[C@]1(c2ccc3c(c2)OCCCO3)NC(=O)N(CC(=O)N2CCN(S(=O)(=O)c3cccc(F)c3)CC2)C1=O. The van der Waals surface area contributed by atoms with Crippen LogP contribution in [0.1, 0.15) is 18.9 Å². The second-order valence-electron chi connectivity index (χ2n) is 9.40. The van der Waals surface area contributed by atoms with Crippen LogP contribution in [0, 0.1) is 5.82 Å². The Balaban J connectivity index is 1.24. The molecule has 2 aromatic rings. The number of nitrogens with one attached hydrogen (secondary N) is 1. The van der Waals surface area contributed by atoms with Crippen LogP contribution in [0.5, 0.6) is 11.5 Å². The van der Waals surface area contributed by atoms with E-state index in [-0.39, 0.29) is 31.1 Å². The van der Waals surface area contributed by atoms with Gasteiger partial charge < -0.3 is 19.7 Å². The van der Waals surface area contributed by atoms with Gasteiger partial charge in [0.25, 0.3) is 5.91 Å². The number of halogens is 1. The topological polar surface area (TPSA) is 126 Å². The molecular weight excluding hydrogens is 519 g/mol. The van der Waals surface area contributed by atoms with Gasteiger partial charge in [-0.2, -0.15) is 4.31 Å². The van der Waals surface area contributed by atoms with E-state index in [2.05, 4.69) is 5.32 Å². The highest BCUT2D eigenvalue weighted by Gasteiger charge is 2.50. The van der Waals surface area contributed by atoms with Crippen molar-refractivity contribution in [2.45, 2.75) is 23.8 Å². The quantitative estimate of drug-likeness (QED) is 0.560. The largest absolute Gasteiger partial charge is 0.490 e. The van der Waals surface area contributed by atoms with E-state index in [9.17, 15) is 27.2 Å². The highest BCUT2D eigenvalue weighted by atomic mass is 32.2. The zero-order chi connectivity index (χ0) is 27.1. The van der Waals surface area contributed by atoms with Gasteiger partial charge in [0, 0.05) is 32.6 Å². The number of piperazine rings is 1.